The van der Waals surface area contributed by atoms with Crippen molar-refractivity contribution in [3.05, 3.63) is 62.2 Å². The number of halogens is 2. The van der Waals surface area contributed by atoms with Crippen molar-refractivity contribution in [3.8, 4) is 5.75 Å². The molecule has 4 rings (SSSR count). The Morgan fingerprint density at radius 3 is 2.71 bits per heavy atom. The molecule has 178 valence electrons. The van der Waals surface area contributed by atoms with Gasteiger partial charge in [-0.2, -0.15) is 5.10 Å². The van der Waals surface area contributed by atoms with Crippen LogP contribution in [0, 0.1) is 0 Å². The van der Waals surface area contributed by atoms with Crippen molar-refractivity contribution in [1.82, 2.24) is 5.43 Å². The van der Waals surface area contributed by atoms with Crippen molar-refractivity contribution < 1.29 is 13.9 Å². The van der Waals surface area contributed by atoms with E-state index in [9.17, 15) is 4.79 Å². The third-order valence-corrected chi connectivity index (χ3v) is 6.95. The molecule has 0 spiro atoms. The Morgan fingerprint density at radius 2 is 2.00 bits per heavy atom. The fourth-order valence-electron chi connectivity index (χ4n) is 4.43. The first-order valence-electron chi connectivity index (χ1n) is 11.1. The van der Waals surface area contributed by atoms with Crippen molar-refractivity contribution in [2.45, 2.75) is 39.7 Å². The van der Waals surface area contributed by atoms with Gasteiger partial charge in [0.1, 0.15) is 11.3 Å². The van der Waals surface area contributed by atoms with E-state index >= 15 is 0 Å². The fourth-order valence-corrected chi connectivity index (χ4v) is 5.77. The zero-order valence-corrected chi connectivity index (χ0v) is 23.0. The van der Waals surface area contributed by atoms with Gasteiger partial charge in [-0.15, -0.1) is 0 Å². The number of anilines is 1. The Labute approximate surface area is 216 Å². The summed E-state index contributed by atoms with van der Waals surface area (Å²) in [6.45, 7) is 9.70. The number of furan rings is 1. The van der Waals surface area contributed by atoms with Gasteiger partial charge in [0, 0.05) is 39.3 Å². The smallest absolute Gasteiger partial charge is 0.307 e. The standard InChI is InChI=1S/C26H27Br2N3O3/c1-6-7-31-21-12-22(33-5)17(9-19(21)15(2)13-26(31,3)4)14-29-30-25(32)23-10-16-8-18(27)11-20(28)24(16)34-23/h8-14H,6-7H2,1-5H3,(H,30,32)/b29-14-. The Balaban J connectivity index is 1.61. The molecular formula is C26H27Br2N3O3. The molecule has 1 aliphatic heterocycles. The molecule has 0 bridgehead atoms. The summed E-state index contributed by atoms with van der Waals surface area (Å²) in [7, 11) is 1.64. The first-order valence-corrected chi connectivity index (χ1v) is 12.6. The van der Waals surface area contributed by atoms with E-state index in [1.54, 1.807) is 19.4 Å². The number of hydrazone groups is 1. The summed E-state index contributed by atoms with van der Waals surface area (Å²) in [4.78, 5) is 15.0. The number of hydrogen-bond donors (Lipinski definition) is 1. The second kappa shape index (κ2) is 9.58. The number of amides is 1. The molecule has 2 heterocycles. The SMILES string of the molecule is CCCN1c2cc(OC)c(/C=N\NC(=O)c3cc4cc(Br)cc(Br)c4o3)cc2C(C)=CC1(C)C. The average molecular weight is 589 g/mol. The summed E-state index contributed by atoms with van der Waals surface area (Å²) >= 11 is 6.90. The monoisotopic (exact) mass is 587 g/mol. The van der Waals surface area contributed by atoms with Crippen molar-refractivity contribution in [2.24, 2.45) is 5.10 Å². The summed E-state index contributed by atoms with van der Waals surface area (Å²) < 4.78 is 13.0. The highest BCUT2D eigenvalue weighted by Gasteiger charge is 2.31. The molecule has 1 amide bonds. The number of methoxy groups -OCH3 is 1. The van der Waals surface area contributed by atoms with Gasteiger partial charge in [-0.05, 0) is 73.0 Å². The predicted molar refractivity (Wildman–Crippen MR) is 145 cm³/mol. The van der Waals surface area contributed by atoms with E-state index in [1.165, 1.54) is 5.57 Å². The van der Waals surface area contributed by atoms with Crippen LogP contribution in [0.2, 0.25) is 0 Å². The second-order valence-electron chi connectivity index (χ2n) is 8.86. The molecule has 0 aliphatic carbocycles. The van der Waals surface area contributed by atoms with Crippen molar-refractivity contribution in [2.75, 3.05) is 18.6 Å². The quantitative estimate of drug-likeness (QED) is 0.245. The summed E-state index contributed by atoms with van der Waals surface area (Å²) in [5.74, 6) is 0.444. The molecule has 34 heavy (non-hydrogen) atoms. The van der Waals surface area contributed by atoms with Gasteiger partial charge < -0.3 is 14.1 Å². The maximum Gasteiger partial charge on any atom is 0.307 e. The summed E-state index contributed by atoms with van der Waals surface area (Å²) in [6.07, 6.45) is 4.93. The van der Waals surface area contributed by atoms with Crippen LogP contribution < -0.4 is 15.1 Å². The molecule has 1 N–H and O–H groups in total. The first kappa shape index (κ1) is 24.5. The van der Waals surface area contributed by atoms with E-state index in [2.05, 4.69) is 93.2 Å². The maximum absolute atomic E-state index is 12.6. The zero-order valence-electron chi connectivity index (χ0n) is 19.8. The van der Waals surface area contributed by atoms with E-state index in [0.717, 1.165) is 44.1 Å². The summed E-state index contributed by atoms with van der Waals surface area (Å²) in [5, 5.41) is 4.99. The molecule has 6 nitrogen and oxygen atoms in total. The van der Waals surface area contributed by atoms with E-state index in [1.807, 2.05) is 12.1 Å². The third-order valence-electron chi connectivity index (χ3n) is 5.91. The van der Waals surface area contributed by atoms with Crippen LogP contribution in [0.5, 0.6) is 5.75 Å². The van der Waals surface area contributed by atoms with Gasteiger partial charge >= 0.3 is 5.91 Å². The number of ether oxygens (including phenoxy) is 1. The lowest BCUT2D eigenvalue weighted by molar-refractivity contribution is 0.0929. The van der Waals surface area contributed by atoms with Crippen molar-refractivity contribution >= 4 is 66.2 Å². The molecule has 2 aromatic carbocycles. The minimum absolute atomic E-state index is 0.0845. The number of hydrogen-bond acceptors (Lipinski definition) is 5. The number of rotatable bonds is 6. The Hall–Kier alpha value is -2.58. The number of nitrogens with one attached hydrogen (secondary N) is 1. The highest BCUT2D eigenvalue weighted by molar-refractivity contribution is 9.11. The van der Waals surface area contributed by atoms with Gasteiger partial charge in [-0.3, -0.25) is 4.79 Å². The van der Waals surface area contributed by atoms with Crippen LogP contribution in [0.3, 0.4) is 0 Å². The molecule has 1 aliphatic rings. The van der Waals surface area contributed by atoms with Crippen LogP contribution in [0.1, 0.15) is 55.8 Å². The topological polar surface area (TPSA) is 67.1 Å². The number of carbonyl (C=O) groups is 1. The normalized spacial score (nSPS) is 14.9. The van der Waals surface area contributed by atoms with Crippen LogP contribution in [0.4, 0.5) is 5.69 Å². The Kier molecular flexibility index (Phi) is 6.92. The minimum Gasteiger partial charge on any atom is -0.496 e. The molecule has 0 atom stereocenters. The zero-order chi connectivity index (χ0) is 24.6. The molecular weight excluding hydrogens is 562 g/mol. The van der Waals surface area contributed by atoms with Crippen LogP contribution in [-0.2, 0) is 0 Å². The van der Waals surface area contributed by atoms with Gasteiger partial charge in [0.25, 0.3) is 0 Å². The lowest BCUT2D eigenvalue weighted by Gasteiger charge is -2.43. The lowest BCUT2D eigenvalue weighted by Crippen LogP contribution is -2.45. The average Bonchev–Trinajstić information content (AvgIpc) is 3.20. The highest BCUT2D eigenvalue weighted by atomic mass is 79.9. The minimum atomic E-state index is -0.431. The molecule has 0 unspecified atom stereocenters. The number of carbonyl (C=O) groups excluding carboxylic acids is 1. The van der Waals surface area contributed by atoms with Crippen LogP contribution in [0.15, 0.2) is 54.9 Å². The molecule has 8 heteroatoms. The summed E-state index contributed by atoms with van der Waals surface area (Å²) in [6, 6.07) is 9.56. The second-order valence-corrected chi connectivity index (χ2v) is 10.6. The molecule has 3 aromatic rings. The Morgan fingerprint density at radius 1 is 1.24 bits per heavy atom. The van der Waals surface area contributed by atoms with Gasteiger partial charge in [0.2, 0.25) is 0 Å². The van der Waals surface area contributed by atoms with E-state index in [-0.39, 0.29) is 11.3 Å². The van der Waals surface area contributed by atoms with Gasteiger partial charge in [0.05, 0.1) is 23.3 Å². The van der Waals surface area contributed by atoms with Crippen LogP contribution >= 0.6 is 31.9 Å². The fraction of sp³-hybridized carbons (Fsp3) is 0.308. The van der Waals surface area contributed by atoms with Gasteiger partial charge in [-0.1, -0.05) is 28.9 Å². The summed E-state index contributed by atoms with van der Waals surface area (Å²) in [5.41, 5.74) is 7.34. The van der Waals surface area contributed by atoms with Crippen molar-refractivity contribution in [1.29, 1.82) is 0 Å². The maximum atomic E-state index is 12.6. The van der Waals surface area contributed by atoms with Gasteiger partial charge in [0.15, 0.2) is 5.76 Å². The predicted octanol–water partition coefficient (Wildman–Crippen LogP) is 7.14. The van der Waals surface area contributed by atoms with Gasteiger partial charge in [-0.25, -0.2) is 5.43 Å². The number of benzene rings is 2. The molecule has 0 radical (unpaired) electrons. The van der Waals surface area contributed by atoms with Crippen molar-refractivity contribution in [3.63, 3.8) is 0 Å². The van der Waals surface area contributed by atoms with Crippen LogP contribution in [0.25, 0.3) is 16.5 Å². The first-order chi connectivity index (χ1) is 16.1. The van der Waals surface area contributed by atoms with E-state index < -0.39 is 5.91 Å². The largest absolute Gasteiger partial charge is 0.496 e. The molecule has 0 fully saturated rings. The third kappa shape index (κ3) is 4.66. The molecule has 0 saturated carbocycles. The number of fused-ring (bicyclic) bond motifs is 2. The van der Waals surface area contributed by atoms with E-state index in [0.29, 0.717) is 11.3 Å². The number of nitrogens with zero attached hydrogens (tertiary/aromatic N) is 2. The molecule has 1 aromatic heterocycles. The Bertz CT molecular complexity index is 1320. The highest BCUT2D eigenvalue weighted by Crippen LogP contribution is 2.42. The molecule has 0 saturated heterocycles. The number of allylic oxidation sites excluding steroid dienone is 1. The van der Waals surface area contributed by atoms with Crippen LogP contribution in [-0.4, -0.2) is 31.3 Å². The lowest BCUT2D eigenvalue weighted by atomic mass is 9.87. The van der Waals surface area contributed by atoms with E-state index in [4.69, 9.17) is 9.15 Å².